The zero-order valence-electron chi connectivity index (χ0n) is 14.0. The maximum absolute atomic E-state index is 10.8. The maximum atomic E-state index is 10.8. The first kappa shape index (κ1) is 20.6. The first-order valence-corrected chi connectivity index (χ1v) is 7.09. The van der Waals surface area contributed by atoms with Crippen molar-refractivity contribution in [2.45, 2.75) is 13.8 Å². The summed E-state index contributed by atoms with van der Waals surface area (Å²) < 4.78 is 0. The van der Waals surface area contributed by atoms with Crippen molar-refractivity contribution in [3.8, 4) is 0 Å². The van der Waals surface area contributed by atoms with Crippen molar-refractivity contribution in [1.82, 2.24) is 0 Å². The van der Waals surface area contributed by atoms with Crippen molar-refractivity contribution in [2.75, 3.05) is 0 Å². The number of carbonyl (C=O) groups is 1. The molecule has 0 atom stereocenters. The number of Topliss-reactive ketones (excluding diaryl/α,β-unsaturated/α-hetero) is 1. The van der Waals surface area contributed by atoms with Gasteiger partial charge in [-0.05, 0) is 19.4 Å². The van der Waals surface area contributed by atoms with E-state index in [0.29, 0.717) is 16.9 Å². The number of carbonyl (C=O) groups excluding carboxylic acids is 1. The van der Waals surface area contributed by atoms with Crippen molar-refractivity contribution < 1.29 is 4.79 Å². The average Bonchev–Trinajstić information content (AvgIpc) is 2.64. The summed E-state index contributed by atoms with van der Waals surface area (Å²) in [6.45, 7) is 26.6. The number of hydrogen-bond acceptors (Lipinski definition) is 1. The van der Waals surface area contributed by atoms with Crippen LogP contribution in [-0.4, -0.2) is 5.78 Å². The second-order valence-electron chi connectivity index (χ2n) is 4.65. The predicted molar refractivity (Wildman–Crippen MR) is 101 cm³/mol. The number of benzene rings is 2. The highest BCUT2D eigenvalue weighted by molar-refractivity contribution is 5.94. The molecule has 0 bridgehead atoms. The molecule has 0 N–H and O–H groups in total. The Labute approximate surface area is 144 Å². The summed E-state index contributed by atoms with van der Waals surface area (Å²) in [5.41, 5.74) is 4.02. The van der Waals surface area contributed by atoms with Gasteiger partial charge >= 0.3 is 0 Å². The summed E-state index contributed by atoms with van der Waals surface area (Å²) in [5, 5.41) is 0. The molecule has 0 aliphatic heterocycles. The van der Waals surface area contributed by atoms with Crippen LogP contribution in [0.3, 0.4) is 0 Å². The average molecular weight is 316 g/mol. The molecule has 0 saturated carbocycles. The van der Waals surface area contributed by atoms with E-state index in [1.807, 2.05) is 19.1 Å². The normalized spacial score (nSPS) is 8.17. The van der Waals surface area contributed by atoms with Crippen LogP contribution in [0.5, 0.6) is 0 Å². The van der Waals surface area contributed by atoms with Crippen LogP contribution in [0, 0.1) is 13.1 Å². The van der Waals surface area contributed by atoms with E-state index in [4.69, 9.17) is 13.1 Å². The lowest BCUT2D eigenvalue weighted by Crippen LogP contribution is -1.88. The molecular formula is C21H20N2O. The minimum absolute atomic E-state index is 0.0292. The van der Waals surface area contributed by atoms with Crippen LogP contribution >= 0.6 is 0 Å². The molecule has 24 heavy (non-hydrogen) atoms. The summed E-state index contributed by atoms with van der Waals surface area (Å²) in [6, 6.07) is 14.0. The molecule has 2 aromatic carbocycles. The quantitative estimate of drug-likeness (QED) is 0.352. The van der Waals surface area contributed by atoms with E-state index in [1.54, 1.807) is 36.4 Å². The third-order valence-electron chi connectivity index (χ3n) is 2.89. The van der Waals surface area contributed by atoms with Gasteiger partial charge in [-0.15, -0.1) is 13.2 Å². The highest BCUT2D eigenvalue weighted by Crippen LogP contribution is 2.16. The molecule has 2 rings (SSSR count). The fourth-order valence-corrected chi connectivity index (χ4v) is 1.59. The van der Waals surface area contributed by atoms with Gasteiger partial charge in [0.25, 0.3) is 0 Å². The molecule has 120 valence electrons. The number of nitrogens with zero attached hydrogens (tertiary/aromatic N) is 2. The van der Waals surface area contributed by atoms with Gasteiger partial charge in [0.2, 0.25) is 0 Å². The van der Waals surface area contributed by atoms with E-state index in [9.17, 15) is 4.79 Å². The van der Waals surface area contributed by atoms with Crippen LogP contribution < -0.4 is 0 Å². The molecule has 0 saturated heterocycles. The van der Waals surface area contributed by atoms with Gasteiger partial charge in [0, 0.05) is 5.56 Å². The number of hydrogen-bond donors (Lipinski definition) is 0. The largest absolute Gasteiger partial charge is 0.295 e. The van der Waals surface area contributed by atoms with Crippen LogP contribution in [0.1, 0.15) is 29.8 Å². The molecule has 0 aliphatic rings. The molecule has 0 fully saturated rings. The number of allylic oxidation sites excluding steroid dienone is 1. The molecule has 2 aromatic rings. The standard InChI is InChI=1S/C10H9N.C9H7NO.C2H4/c1-8(2)9-4-6-10(11-3)7-5-9;1-7(11)8-3-5-9(10-2)6-4-8;1-2/h4-7H,1H2,2H3;3-6H,1H3;1-2H2. The molecule has 3 nitrogen and oxygen atoms in total. The Morgan fingerprint density at radius 2 is 1.12 bits per heavy atom. The van der Waals surface area contributed by atoms with Crippen molar-refractivity contribution >= 4 is 22.7 Å². The Hall–Kier alpha value is -3.43. The van der Waals surface area contributed by atoms with Gasteiger partial charge in [0.15, 0.2) is 17.2 Å². The van der Waals surface area contributed by atoms with Crippen molar-refractivity contribution in [3.63, 3.8) is 0 Å². The summed E-state index contributed by atoms with van der Waals surface area (Å²) in [7, 11) is 0. The molecule has 3 heteroatoms. The van der Waals surface area contributed by atoms with Gasteiger partial charge in [-0.25, -0.2) is 9.69 Å². The first-order chi connectivity index (χ1) is 11.5. The third-order valence-corrected chi connectivity index (χ3v) is 2.89. The Morgan fingerprint density at radius 3 is 1.38 bits per heavy atom. The SMILES string of the molecule is C=C.[C-]#[N+]c1ccc(C(=C)C)cc1.[C-]#[N+]c1ccc(C(C)=O)cc1. The predicted octanol–water partition coefficient (Wildman–Crippen LogP) is 6.51. The van der Waals surface area contributed by atoms with E-state index in [-0.39, 0.29) is 5.78 Å². The van der Waals surface area contributed by atoms with Gasteiger partial charge in [-0.1, -0.05) is 60.7 Å². The van der Waals surface area contributed by atoms with E-state index < -0.39 is 0 Å². The zero-order valence-corrected chi connectivity index (χ0v) is 14.0. The Morgan fingerprint density at radius 1 is 0.792 bits per heavy atom. The molecule has 0 amide bonds. The molecule has 0 heterocycles. The molecular weight excluding hydrogens is 296 g/mol. The molecule has 0 aromatic heterocycles. The van der Waals surface area contributed by atoms with Crippen LogP contribution in [0.25, 0.3) is 15.3 Å². The minimum Gasteiger partial charge on any atom is -0.295 e. The maximum Gasteiger partial charge on any atom is 0.187 e. The van der Waals surface area contributed by atoms with Crippen molar-refractivity contribution in [3.05, 3.63) is 102 Å². The van der Waals surface area contributed by atoms with Gasteiger partial charge in [-0.3, -0.25) is 4.79 Å². The van der Waals surface area contributed by atoms with E-state index in [2.05, 4.69) is 29.4 Å². The molecule has 0 spiro atoms. The van der Waals surface area contributed by atoms with Gasteiger partial charge < -0.3 is 0 Å². The summed E-state index contributed by atoms with van der Waals surface area (Å²) >= 11 is 0. The van der Waals surface area contributed by atoms with Crippen LogP contribution in [0.2, 0.25) is 0 Å². The lowest BCUT2D eigenvalue weighted by molar-refractivity contribution is 0.101. The zero-order chi connectivity index (χ0) is 18.5. The van der Waals surface area contributed by atoms with Crippen LogP contribution in [0.4, 0.5) is 11.4 Å². The molecule has 0 radical (unpaired) electrons. The number of ketones is 1. The van der Waals surface area contributed by atoms with Gasteiger partial charge in [0.1, 0.15) is 0 Å². The second kappa shape index (κ2) is 11.2. The van der Waals surface area contributed by atoms with Crippen LogP contribution in [0.15, 0.2) is 68.3 Å². The van der Waals surface area contributed by atoms with E-state index in [0.717, 1.165) is 11.1 Å². The molecule has 0 aliphatic carbocycles. The Balaban J connectivity index is 0.000000400. The first-order valence-electron chi connectivity index (χ1n) is 7.09. The second-order valence-corrected chi connectivity index (χ2v) is 4.65. The summed E-state index contributed by atoms with van der Waals surface area (Å²) in [4.78, 5) is 17.3. The van der Waals surface area contributed by atoms with Gasteiger partial charge in [0.05, 0.1) is 13.1 Å². The topological polar surface area (TPSA) is 25.8 Å². The summed E-state index contributed by atoms with van der Waals surface area (Å²) in [6.07, 6.45) is 0. The molecule has 0 unspecified atom stereocenters. The van der Waals surface area contributed by atoms with Crippen molar-refractivity contribution in [1.29, 1.82) is 0 Å². The minimum atomic E-state index is 0.0292. The van der Waals surface area contributed by atoms with E-state index >= 15 is 0 Å². The smallest absolute Gasteiger partial charge is 0.187 e. The highest BCUT2D eigenvalue weighted by Gasteiger charge is 1.96. The lowest BCUT2D eigenvalue weighted by atomic mass is 10.1. The Bertz CT molecular complexity index is 690. The third kappa shape index (κ3) is 7.02. The van der Waals surface area contributed by atoms with E-state index in [1.165, 1.54) is 6.92 Å². The fraction of sp³-hybridized carbons (Fsp3) is 0.0952. The van der Waals surface area contributed by atoms with Crippen molar-refractivity contribution in [2.24, 2.45) is 0 Å². The summed E-state index contributed by atoms with van der Waals surface area (Å²) in [5.74, 6) is 0.0292. The Kier molecular flexibility index (Phi) is 9.58. The monoisotopic (exact) mass is 316 g/mol. The number of rotatable bonds is 2. The van der Waals surface area contributed by atoms with Crippen LogP contribution in [-0.2, 0) is 0 Å². The van der Waals surface area contributed by atoms with Gasteiger partial charge in [-0.2, -0.15) is 0 Å². The highest BCUT2D eigenvalue weighted by atomic mass is 16.1. The lowest BCUT2D eigenvalue weighted by Gasteiger charge is -1.97. The fourth-order valence-electron chi connectivity index (χ4n) is 1.59.